The summed E-state index contributed by atoms with van der Waals surface area (Å²) >= 11 is 6.55. The van der Waals surface area contributed by atoms with Gasteiger partial charge in [-0.3, -0.25) is 9.59 Å². The highest BCUT2D eigenvalue weighted by Gasteiger charge is 2.22. The number of carbonyl (C=O) groups is 1. The quantitative estimate of drug-likeness (QED) is 0.349. The minimum absolute atomic E-state index is 0.169. The van der Waals surface area contributed by atoms with Gasteiger partial charge in [-0.25, -0.2) is 0 Å². The van der Waals surface area contributed by atoms with Gasteiger partial charge < -0.3 is 15.3 Å². The summed E-state index contributed by atoms with van der Waals surface area (Å²) in [5.41, 5.74) is 3.66. The molecule has 3 aromatic carbocycles. The predicted molar refractivity (Wildman–Crippen MR) is 128 cm³/mol. The fraction of sp³-hybridized carbons (Fsp3) is 0.0769. The van der Waals surface area contributed by atoms with Crippen LogP contribution in [0, 0.1) is 0 Å². The number of aromatic nitrogens is 2. The number of H-pyrrole nitrogens is 2. The van der Waals surface area contributed by atoms with Gasteiger partial charge in [0.2, 0.25) is 5.56 Å². The lowest BCUT2D eigenvalue weighted by Crippen LogP contribution is -2.30. The number of carbonyl (C=O) groups excluding carboxylic acids is 1. The molecule has 2 aromatic heterocycles. The van der Waals surface area contributed by atoms with E-state index in [0.29, 0.717) is 28.0 Å². The number of pyridine rings is 1. The largest absolute Gasteiger partial charge is 0.361 e. The van der Waals surface area contributed by atoms with Crippen molar-refractivity contribution in [1.29, 1.82) is 0 Å². The highest BCUT2D eigenvalue weighted by atomic mass is 35.5. The van der Waals surface area contributed by atoms with Crippen molar-refractivity contribution in [1.82, 2.24) is 15.3 Å². The third-order valence-electron chi connectivity index (χ3n) is 5.74. The van der Waals surface area contributed by atoms with Crippen LogP contribution in [0.5, 0.6) is 0 Å². The lowest BCUT2D eigenvalue weighted by molar-refractivity contribution is 0.0954. The molecule has 5 rings (SSSR count). The molecule has 32 heavy (non-hydrogen) atoms. The van der Waals surface area contributed by atoms with Crippen LogP contribution in [0.15, 0.2) is 89.9 Å². The zero-order chi connectivity index (χ0) is 22.1. The predicted octanol–water partition coefficient (Wildman–Crippen LogP) is 5.22. The minimum atomic E-state index is -0.312. The van der Waals surface area contributed by atoms with Crippen molar-refractivity contribution in [2.24, 2.45) is 0 Å². The number of aromatic amines is 2. The Kier molecular flexibility index (Phi) is 5.25. The van der Waals surface area contributed by atoms with Crippen LogP contribution in [-0.4, -0.2) is 22.4 Å². The standard InChI is InChI=1S/C26H20ClN3O2/c27-22-10-4-1-7-16(22)20(21-14-28-23-11-5-2-9-18(21)23)15-29-26(32)19-13-25(31)30-24-12-6-3-8-17(19)24/h1-14,20,28H,15H2,(H,29,32)(H,30,31)/t20-/m1/s1. The van der Waals surface area contributed by atoms with Crippen molar-refractivity contribution >= 4 is 39.3 Å². The number of hydrogen-bond donors (Lipinski definition) is 3. The number of nitrogens with one attached hydrogen (secondary N) is 3. The number of halogens is 1. The van der Waals surface area contributed by atoms with E-state index in [9.17, 15) is 9.59 Å². The normalized spacial score (nSPS) is 12.2. The fourth-order valence-electron chi connectivity index (χ4n) is 4.21. The summed E-state index contributed by atoms with van der Waals surface area (Å²) < 4.78 is 0. The van der Waals surface area contributed by atoms with E-state index in [4.69, 9.17) is 11.6 Å². The van der Waals surface area contributed by atoms with Gasteiger partial charge >= 0.3 is 0 Å². The SMILES string of the molecule is O=C(NC[C@H](c1ccccc1Cl)c1c[nH]c2ccccc12)c1cc(=O)[nH]c2ccccc12. The molecule has 0 fully saturated rings. The topological polar surface area (TPSA) is 77.8 Å². The van der Waals surface area contributed by atoms with E-state index in [1.165, 1.54) is 6.07 Å². The molecule has 0 saturated carbocycles. The first-order chi connectivity index (χ1) is 15.6. The molecule has 6 heteroatoms. The van der Waals surface area contributed by atoms with Crippen LogP contribution >= 0.6 is 11.6 Å². The molecule has 3 N–H and O–H groups in total. The third kappa shape index (κ3) is 3.67. The molecule has 2 heterocycles. The highest BCUT2D eigenvalue weighted by Crippen LogP contribution is 2.34. The summed E-state index contributed by atoms with van der Waals surface area (Å²) in [4.78, 5) is 31.3. The number of para-hydroxylation sites is 2. The van der Waals surface area contributed by atoms with Gasteiger partial charge in [-0.15, -0.1) is 0 Å². The lowest BCUT2D eigenvalue weighted by atomic mass is 9.90. The van der Waals surface area contributed by atoms with Crippen LogP contribution in [0.1, 0.15) is 27.4 Å². The second kappa shape index (κ2) is 8.36. The molecule has 5 nitrogen and oxygen atoms in total. The molecule has 0 spiro atoms. The summed E-state index contributed by atoms with van der Waals surface area (Å²) in [5.74, 6) is -0.471. The number of rotatable bonds is 5. The first-order valence-electron chi connectivity index (χ1n) is 10.3. The van der Waals surface area contributed by atoms with E-state index in [1.54, 1.807) is 6.07 Å². The van der Waals surface area contributed by atoms with Crippen LogP contribution < -0.4 is 10.9 Å². The molecule has 1 atom stereocenters. The molecular formula is C26H20ClN3O2. The summed E-state index contributed by atoms with van der Waals surface area (Å²) in [6, 6.07) is 24.3. The molecule has 0 radical (unpaired) electrons. The second-order valence-electron chi connectivity index (χ2n) is 7.67. The van der Waals surface area contributed by atoms with Gasteiger partial charge in [0, 0.05) is 51.6 Å². The Bertz CT molecular complexity index is 1500. The Labute approximate surface area is 189 Å². The molecule has 0 aliphatic rings. The van der Waals surface area contributed by atoms with Crippen LogP contribution in [0.25, 0.3) is 21.8 Å². The van der Waals surface area contributed by atoms with Gasteiger partial charge in [-0.2, -0.15) is 0 Å². The maximum atomic E-state index is 13.2. The van der Waals surface area contributed by atoms with Crippen molar-refractivity contribution in [2.45, 2.75) is 5.92 Å². The Balaban J connectivity index is 1.53. The first kappa shape index (κ1) is 20.1. The van der Waals surface area contributed by atoms with Crippen molar-refractivity contribution < 1.29 is 4.79 Å². The van der Waals surface area contributed by atoms with Crippen molar-refractivity contribution in [2.75, 3.05) is 6.54 Å². The zero-order valence-corrected chi connectivity index (χ0v) is 17.8. The molecular weight excluding hydrogens is 422 g/mol. The van der Waals surface area contributed by atoms with E-state index in [1.807, 2.05) is 66.9 Å². The molecule has 5 aromatic rings. The van der Waals surface area contributed by atoms with Crippen LogP contribution in [0.4, 0.5) is 0 Å². The zero-order valence-electron chi connectivity index (χ0n) is 17.1. The second-order valence-corrected chi connectivity index (χ2v) is 8.07. The highest BCUT2D eigenvalue weighted by molar-refractivity contribution is 6.31. The van der Waals surface area contributed by atoms with Crippen LogP contribution in [0.2, 0.25) is 5.02 Å². The summed E-state index contributed by atoms with van der Waals surface area (Å²) in [6.45, 7) is 0.325. The average Bonchev–Trinajstić information content (AvgIpc) is 3.23. The van der Waals surface area contributed by atoms with Crippen molar-refractivity contribution in [3.8, 4) is 0 Å². The summed E-state index contributed by atoms with van der Waals surface area (Å²) in [6.07, 6.45) is 1.97. The molecule has 158 valence electrons. The summed E-state index contributed by atoms with van der Waals surface area (Å²) in [7, 11) is 0. The Morgan fingerprint density at radius 3 is 2.38 bits per heavy atom. The Morgan fingerprint density at radius 1 is 0.875 bits per heavy atom. The number of fused-ring (bicyclic) bond motifs is 2. The summed E-state index contributed by atoms with van der Waals surface area (Å²) in [5, 5.41) is 5.45. The van der Waals surface area contributed by atoms with Gasteiger partial charge in [-0.1, -0.05) is 66.2 Å². The number of hydrogen-bond acceptors (Lipinski definition) is 2. The molecule has 0 unspecified atom stereocenters. The van der Waals surface area contributed by atoms with Crippen LogP contribution in [-0.2, 0) is 0 Å². The third-order valence-corrected chi connectivity index (χ3v) is 6.08. The monoisotopic (exact) mass is 441 g/mol. The molecule has 0 aliphatic carbocycles. The molecule has 0 bridgehead atoms. The van der Waals surface area contributed by atoms with E-state index < -0.39 is 0 Å². The average molecular weight is 442 g/mol. The van der Waals surface area contributed by atoms with E-state index >= 15 is 0 Å². The van der Waals surface area contributed by atoms with Gasteiger partial charge in [0.15, 0.2) is 0 Å². The maximum absolute atomic E-state index is 13.2. The van der Waals surface area contributed by atoms with Crippen molar-refractivity contribution in [3.05, 3.63) is 117 Å². The van der Waals surface area contributed by atoms with E-state index in [2.05, 4.69) is 21.4 Å². The minimum Gasteiger partial charge on any atom is -0.361 e. The Morgan fingerprint density at radius 2 is 1.56 bits per heavy atom. The maximum Gasteiger partial charge on any atom is 0.252 e. The fourth-order valence-corrected chi connectivity index (χ4v) is 4.48. The number of amides is 1. The lowest BCUT2D eigenvalue weighted by Gasteiger charge is -2.19. The van der Waals surface area contributed by atoms with Gasteiger partial charge in [0.25, 0.3) is 5.91 Å². The molecule has 1 amide bonds. The Hall–Kier alpha value is -3.83. The van der Waals surface area contributed by atoms with Crippen molar-refractivity contribution in [3.63, 3.8) is 0 Å². The van der Waals surface area contributed by atoms with Gasteiger partial charge in [-0.05, 0) is 29.3 Å². The number of benzene rings is 3. The smallest absolute Gasteiger partial charge is 0.252 e. The molecule has 0 aliphatic heterocycles. The van der Waals surface area contributed by atoms with E-state index in [-0.39, 0.29) is 17.4 Å². The molecule has 0 saturated heterocycles. The van der Waals surface area contributed by atoms with Gasteiger partial charge in [0.05, 0.1) is 5.56 Å². The van der Waals surface area contributed by atoms with Gasteiger partial charge in [0.1, 0.15) is 0 Å². The van der Waals surface area contributed by atoms with Crippen LogP contribution in [0.3, 0.4) is 0 Å². The first-order valence-corrected chi connectivity index (χ1v) is 10.7. The van der Waals surface area contributed by atoms with E-state index in [0.717, 1.165) is 22.0 Å².